The molecule has 2 heterocycles. The molecule has 0 N–H and O–H groups in total. The molecule has 128 valence electrons. The van der Waals surface area contributed by atoms with Crippen molar-refractivity contribution >= 4 is 27.1 Å². The van der Waals surface area contributed by atoms with Gasteiger partial charge in [0, 0.05) is 18.7 Å². The number of rotatable bonds is 3. The van der Waals surface area contributed by atoms with Crippen molar-refractivity contribution in [2.75, 3.05) is 18.6 Å². The molecule has 5 nitrogen and oxygen atoms in total. The Balaban J connectivity index is 1.84. The Morgan fingerprint density at radius 3 is 2.58 bits per heavy atom. The fourth-order valence-corrected chi connectivity index (χ4v) is 5.55. The number of aryl methyl sites for hydroxylation is 1. The van der Waals surface area contributed by atoms with Crippen LogP contribution in [-0.4, -0.2) is 48.8 Å². The topological polar surface area (TPSA) is 67.3 Å². The molecule has 0 unspecified atom stereocenters. The minimum absolute atomic E-state index is 0.0118. The van der Waals surface area contributed by atoms with E-state index in [0.29, 0.717) is 22.0 Å². The molecule has 1 aromatic heterocycles. The first-order valence-electron chi connectivity index (χ1n) is 7.48. The van der Waals surface area contributed by atoms with Crippen LogP contribution in [0.15, 0.2) is 24.3 Å². The van der Waals surface area contributed by atoms with Gasteiger partial charge in [0.15, 0.2) is 9.84 Å². The highest BCUT2D eigenvalue weighted by Gasteiger charge is 2.34. The number of sulfone groups is 1. The van der Waals surface area contributed by atoms with E-state index >= 15 is 0 Å². The van der Waals surface area contributed by atoms with Crippen LogP contribution in [-0.2, 0) is 9.84 Å². The van der Waals surface area contributed by atoms with Crippen LogP contribution >= 0.6 is 11.3 Å². The molecule has 24 heavy (non-hydrogen) atoms. The van der Waals surface area contributed by atoms with Crippen molar-refractivity contribution in [2.24, 2.45) is 0 Å². The first-order valence-corrected chi connectivity index (χ1v) is 10.1. The van der Waals surface area contributed by atoms with E-state index < -0.39 is 9.84 Å². The number of halogens is 1. The van der Waals surface area contributed by atoms with Crippen molar-refractivity contribution in [1.82, 2.24) is 9.88 Å². The quantitative estimate of drug-likeness (QED) is 0.835. The third-order valence-corrected chi connectivity index (χ3v) is 7.10. The monoisotopic (exact) mass is 368 g/mol. The van der Waals surface area contributed by atoms with Gasteiger partial charge >= 0.3 is 0 Å². The predicted molar refractivity (Wildman–Crippen MR) is 91.4 cm³/mol. The van der Waals surface area contributed by atoms with Crippen molar-refractivity contribution in [3.05, 3.63) is 40.7 Å². The molecule has 0 saturated carbocycles. The van der Waals surface area contributed by atoms with Crippen molar-refractivity contribution < 1.29 is 17.6 Å². The molecule has 1 aliphatic rings. The molecule has 2 aromatic rings. The van der Waals surface area contributed by atoms with Gasteiger partial charge in [-0.25, -0.2) is 17.8 Å². The Morgan fingerprint density at radius 1 is 1.33 bits per heavy atom. The fourth-order valence-electron chi connectivity index (χ4n) is 2.72. The Labute approximate surface area is 144 Å². The van der Waals surface area contributed by atoms with Crippen molar-refractivity contribution in [3.63, 3.8) is 0 Å². The molecule has 1 aliphatic heterocycles. The summed E-state index contributed by atoms with van der Waals surface area (Å²) in [5, 5.41) is 0.642. The van der Waals surface area contributed by atoms with Gasteiger partial charge < -0.3 is 4.90 Å². The maximum absolute atomic E-state index is 13.0. The summed E-state index contributed by atoms with van der Waals surface area (Å²) in [5.74, 6) is -0.415. The highest BCUT2D eigenvalue weighted by Crippen LogP contribution is 2.30. The standard InChI is InChI=1S/C16H17FN2O3S2/c1-10-14(16(20)19(2)13-7-8-24(21,22)9-13)23-15(18-10)11-3-5-12(17)6-4-11/h3-6,13H,7-9H2,1-2H3/t13-/m0/s1. The van der Waals surface area contributed by atoms with Crippen molar-refractivity contribution in [1.29, 1.82) is 0 Å². The Kier molecular flexibility index (Phi) is 4.44. The van der Waals surface area contributed by atoms with E-state index in [1.165, 1.54) is 28.4 Å². The number of amides is 1. The lowest BCUT2D eigenvalue weighted by Gasteiger charge is -2.22. The van der Waals surface area contributed by atoms with Crippen LogP contribution in [0.3, 0.4) is 0 Å². The zero-order chi connectivity index (χ0) is 17.5. The maximum Gasteiger partial charge on any atom is 0.265 e. The minimum Gasteiger partial charge on any atom is -0.337 e. The number of nitrogens with zero attached hydrogens (tertiary/aromatic N) is 2. The van der Waals surface area contributed by atoms with Crippen LogP contribution < -0.4 is 0 Å². The molecule has 0 spiro atoms. The zero-order valence-electron chi connectivity index (χ0n) is 13.3. The minimum atomic E-state index is -3.05. The van der Waals surface area contributed by atoms with E-state index in [1.54, 1.807) is 26.1 Å². The van der Waals surface area contributed by atoms with E-state index in [0.717, 1.165) is 5.56 Å². The van der Waals surface area contributed by atoms with Crippen molar-refractivity contribution in [3.8, 4) is 10.6 Å². The first kappa shape index (κ1) is 17.0. The van der Waals surface area contributed by atoms with Gasteiger partial charge in [-0.15, -0.1) is 11.3 Å². The fraction of sp³-hybridized carbons (Fsp3) is 0.375. The molecule has 1 saturated heterocycles. The average molecular weight is 368 g/mol. The van der Waals surface area contributed by atoms with Gasteiger partial charge in [-0.1, -0.05) is 0 Å². The predicted octanol–water partition coefficient (Wildman–Crippen LogP) is 2.52. The molecule has 1 fully saturated rings. The highest BCUT2D eigenvalue weighted by molar-refractivity contribution is 7.91. The summed E-state index contributed by atoms with van der Waals surface area (Å²) in [7, 11) is -1.42. The van der Waals surface area contributed by atoms with E-state index in [9.17, 15) is 17.6 Å². The molecule has 0 radical (unpaired) electrons. The second-order valence-corrected chi connectivity index (χ2v) is 9.14. The number of carbonyl (C=O) groups is 1. The zero-order valence-corrected chi connectivity index (χ0v) is 15.0. The number of hydrogen-bond acceptors (Lipinski definition) is 5. The molecule has 1 aromatic carbocycles. The Morgan fingerprint density at radius 2 is 2.00 bits per heavy atom. The summed E-state index contributed by atoms with van der Waals surface area (Å²) < 4.78 is 36.2. The average Bonchev–Trinajstić information content (AvgIpc) is 3.09. The Hall–Kier alpha value is -1.80. The van der Waals surface area contributed by atoms with Crippen LogP contribution in [0.4, 0.5) is 4.39 Å². The summed E-state index contributed by atoms with van der Waals surface area (Å²) in [4.78, 5) is 19.1. The molecule has 0 bridgehead atoms. The molecule has 8 heteroatoms. The van der Waals surface area contributed by atoms with Crippen LogP contribution in [0.5, 0.6) is 0 Å². The van der Waals surface area contributed by atoms with Gasteiger partial charge in [-0.05, 0) is 37.6 Å². The lowest BCUT2D eigenvalue weighted by Crippen LogP contribution is -2.37. The molecule has 3 rings (SSSR count). The number of hydrogen-bond donors (Lipinski definition) is 0. The van der Waals surface area contributed by atoms with Crippen LogP contribution in [0, 0.1) is 12.7 Å². The van der Waals surface area contributed by atoms with Gasteiger partial charge in [0.1, 0.15) is 15.7 Å². The van der Waals surface area contributed by atoms with Gasteiger partial charge in [0.2, 0.25) is 0 Å². The summed E-state index contributed by atoms with van der Waals surface area (Å²) in [6.07, 6.45) is 0.466. The first-order chi connectivity index (χ1) is 11.3. The van der Waals surface area contributed by atoms with Crippen LogP contribution in [0.25, 0.3) is 10.6 Å². The third kappa shape index (κ3) is 3.34. The summed E-state index contributed by atoms with van der Waals surface area (Å²) >= 11 is 1.24. The molecular weight excluding hydrogens is 351 g/mol. The number of carbonyl (C=O) groups excluding carboxylic acids is 1. The normalized spacial score (nSPS) is 19.4. The Bertz CT molecular complexity index is 875. The smallest absolute Gasteiger partial charge is 0.265 e. The largest absolute Gasteiger partial charge is 0.337 e. The van der Waals surface area contributed by atoms with E-state index in [-0.39, 0.29) is 29.3 Å². The third-order valence-electron chi connectivity index (χ3n) is 4.16. The van der Waals surface area contributed by atoms with E-state index in [2.05, 4.69) is 4.98 Å². The summed E-state index contributed by atoms with van der Waals surface area (Å²) in [6, 6.07) is 5.65. The van der Waals surface area contributed by atoms with Gasteiger partial charge in [-0.3, -0.25) is 4.79 Å². The second-order valence-electron chi connectivity index (χ2n) is 5.91. The van der Waals surface area contributed by atoms with Gasteiger partial charge in [0.25, 0.3) is 5.91 Å². The maximum atomic E-state index is 13.0. The number of benzene rings is 1. The molecule has 1 atom stereocenters. The molecular formula is C16H17FN2O3S2. The van der Waals surface area contributed by atoms with Crippen LogP contribution in [0.1, 0.15) is 21.8 Å². The highest BCUT2D eigenvalue weighted by atomic mass is 32.2. The van der Waals surface area contributed by atoms with Crippen molar-refractivity contribution in [2.45, 2.75) is 19.4 Å². The van der Waals surface area contributed by atoms with E-state index in [4.69, 9.17) is 0 Å². The lowest BCUT2D eigenvalue weighted by atomic mass is 10.2. The summed E-state index contributed by atoms with van der Waals surface area (Å²) in [6.45, 7) is 1.75. The second kappa shape index (κ2) is 6.25. The van der Waals surface area contributed by atoms with E-state index in [1.807, 2.05) is 0 Å². The number of aromatic nitrogens is 1. The van der Waals surface area contributed by atoms with Crippen LogP contribution in [0.2, 0.25) is 0 Å². The van der Waals surface area contributed by atoms with Gasteiger partial charge in [0.05, 0.1) is 17.2 Å². The molecule has 1 amide bonds. The summed E-state index contributed by atoms with van der Waals surface area (Å²) in [5.41, 5.74) is 1.34. The van der Waals surface area contributed by atoms with Gasteiger partial charge in [-0.2, -0.15) is 0 Å². The molecule has 0 aliphatic carbocycles. The SMILES string of the molecule is Cc1nc(-c2ccc(F)cc2)sc1C(=O)N(C)[C@H]1CCS(=O)(=O)C1. The number of thiazole rings is 1. The lowest BCUT2D eigenvalue weighted by molar-refractivity contribution is 0.0751.